The van der Waals surface area contributed by atoms with Crippen molar-refractivity contribution in [1.29, 1.82) is 0 Å². The molecule has 0 aliphatic carbocycles. The summed E-state index contributed by atoms with van der Waals surface area (Å²) in [6.45, 7) is -0.424. The van der Waals surface area contributed by atoms with Crippen LogP contribution in [0.25, 0.3) is 0 Å². The molecule has 8 heteroatoms. The van der Waals surface area contributed by atoms with Gasteiger partial charge >= 0.3 is 5.97 Å². The number of carbonyl (C=O) groups is 3. The number of carboxylic acid groups (broad SMARTS) is 1. The molecule has 7 nitrogen and oxygen atoms in total. The number of benzene rings is 1. The first kappa shape index (κ1) is 15.8. The number of carboxylic acids is 1. The molecule has 0 bridgehead atoms. The maximum Gasteiger partial charge on any atom is 0.326 e. The van der Waals surface area contributed by atoms with Crippen LogP contribution in [0.2, 0.25) is 5.02 Å². The summed E-state index contributed by atoms with van der Waals surface area (Å²) in [5, 5.41) is 11.3. The molecular weight excluding hydrogens is 288 g/mol. The number of aliphatic carboxylic acids is 1. The van der Waals surface area contributed by atoms with Gasteiger partial charge in [-0.15, -0.1) is 0 Å². The maximum atomic E-state index is 11.5. The van der Waals surface area contributed by atoms with E-state index in [9.17, 15) is 14.4 Å². The van der Waals surface area contributed by atoms with Crippen molar-refractivity contribution in [2.75, 3.05) is 6.61 Å². The van der Waals surface area contributed by atoms with E-state index in [2.05, 4.69) is 5.32 Å². The van der Waals surface area contributed by atoms with Crippen LogP contribution in [-0.2, 0) is 14.4 Å². The van der Waals surface area contributed by atoms with Crippen LogP contribution in [0.5, 0.6) is 5.75 Å². The number of rotatable bonds is 7. The molecule has 1 aromatic rings. The molecule has 0 spiro atoms. The molecule has 2 amide bonds. The van der Waals surface area contributed by atoms with Gasteiger partial charge < -0.3 is 20.9 Å². The van der Waals surface area contributed by atoms with Crippen molar-refractivity contribution in [2.24, 2.45) is 5.73 Å². The molecular formula is C12H13ClN2O5. The Morgan fingerprint density at radius 3 is 2.55 bits per heavy atom. The zero-order valence-electron chi connectivity index (χ0n) is 10.3. The van der Waals surface area contributed by atoms with Crippen LogP contribution in [0, 0.1) is 0 Å². The minimum absolute atomic E-state index is 0.297. The van der Waals surface area contributed by atoms with Crippen molar-refractivity contribution in [3.8, 4) is 5.75 Å². The van der Waals surface area contributed by atoms with Gasteiger partial charge in [0, 0.05) is 0 Å². The van der Waals surface area contributed by atoms with Gasteiger partial charge in [0.25, 0.3) is 5.91 Å². The number of para-hydroxylation sites is 1. The van der Waals surface area contributed by atoms with Gasteiger partial charge in [-0.1, -0.05) is 23.7 Å². The van der Waals surface area contributed by atoms with Crippen LogP contribution in [0.1, 0.15) is 6.42 Å². The summed E-state index contributed by atoms with van der Waals surface area (Å²) in [6, 6.07) is 5.14. The molecule has 0 heterocycles. The number of nitrogens with one attached hydrogen (secondary N) is 1. The molecule has 0 saturated carbocycles. The Bertz CT molecular complexity index is 520. The Morgan fingerprint density at radius 2 is 2.00 bits per heavy atom. The highest BCUT2D eigenvalue weighted by Gasteiger charge is 2.22. The molecule has 0 radical (unpaired) electrons. The van der Waals surface area contributed by atoms with E-state index in [0.717, 1.165) is 0 Å². The van der Waals surface area contributed by atoms with E-state index in [4.69, 9.17) is 27.2 Å². The number of nitrogens with two attached hydrogens (primary N) is 1. The topological polar surface area (TPSA) is 119 Å². The smallest absolute Gasteiger partial charge is 0.326 e. The van der Waals surface area contributed by atoms with Crippen molar-refractivity contribution in [3.63, 3.8) is 0 Å². The fourth-order valence-electron chi connectivity index (χ4n) is 1.34. The molecule has 0 aliphatic heterocycles. The van der Waals surface area contributed by atoms with Gasteiger partial charge in [0.1, 0.15) is 11.8 Å². The van der Waals surface area contributed by atoms with Crippen molar-refractivity contribution in [1.82, 2.24) is 5.32 Å². The second kappa shape index (κ2) is 7.34. The lowest BCUT2D eigenvalue weighted by molar-refractivity contribution is -0.143. The Kier molecular flexibility index (Phi) is 5.79. The van der Waals surface area contributed by atoms with E-state index in [-0.39, 0.29) is 0 Å². The number of amides is 2. The van der Waals surface area contributed by atoms with Gasteiger partial charge in [-0.3, -0.25) is 9.59 Å². The predicted molar refractivity (Wildman–Crippen MR) is 70.3 cm³/mol. The lowest BCUT2D eigenvalue weighted by atomic mass is 10.2. The number of hydrogen-bond donors (Lipinski definition) is 3. The molecule has 4 N–H and O–H groups in total. The minimum atomic E-state index is -1.38. The second-order valence-electron chi connectivity index (χ2n) is 3.85. The highest BCUT2D eigenvalue weighted by Crippen LogP contribution is 2.22. The van der Waals surface area contributed by atoms with E-state index in [1.807, 2.05) is 0 Å². The van der Waals surface area contributed by atoms with Gasteiger partial charge in [-0.25, -0.2) is 4.79 Å². The van der Waals surface area contributed by atoms with Gasteiger partial charge in [-0.2, -0.15) is 0 Å². The normalized spacial score (nSPS) is 11.4. The third-order valence-corrected chi connectivity index (χ3v) is 2.55. The average molecular weight is 301 g/mol. The molecule has 1 rings (SSSR count). The summed E-state index contributed by atoms with van der Waals surface area (Å²) >= 11 is 5.82. The highest BCUT2D eigenvalue weighted by atomic mass is 35.5. The van der Waals surface area contributed by atoms with Crippen LogP contribution in [0.15, 0.2) is 24.3 Å². The highest BCUT2D eigenvalue weighted by molar-refractivity contribution is 6.32. The lowest BCUT2D eigenvalue weighted by Crippen LogP contribution is -2.45. The SMILES string of the molecule is NC(=O)C[C@H](NC(=O)COc1ccccc1Cl)C(=O)O. The third kappa shape index (κ3) is 5.15. The van der Waals surface area contributed by atoms with Crippen LogP contribution in [0.4, 0.5) is 0 Å². The van der Waals surface area contributed by atoms with Crippen LogP contribution < -0.4 is 15.8 Å². The Balaban J connectivity index is 2.52. The average Bonchev–Trinajstić information content (AvgIpc) is 2.36. The van der Waals surface area contributed by atoms with E-state index in [1.54, 1.807) is 24.3 Å². The summed E-state index contributed by atoms with van der Waals surface area (Å²) in [6.07, 6.45) is -0.493. The third-order valence-electron chi connectivity index (χ3n) is 2.23. The summed E-state index contributed by atoms with van der Waals surface area (Å²) < 4.78 is 5.13. The van der Waals surface area contributed by atoms with Gasteiger partial charge in [-0.05, 0) is 12.1 Å². The zero-order valence-corrected chi connectivity index (χ0v) is 11.1. The van der Waals surface area contributed by atoms with Gasteiger partial charge in [0.15, 0.2) is 6.61 Å². The van der Waals surface area contributed by atoms with Crippen molar-refractivity contribution >= 4 is 29.4 Å². The van der Waals surface area contributed by atoms with Crippen molar-refractivity contribution < 1.29 is 24.2 Å². The first-order valence-corrected chi connectivity index (χ1v) is 5.95. The van der Waals surface area contributed by atoms with Crippen LogP contribution in [0.3, 0.4) is 0 Å². The fraction of sp³-hybridized carbons (Fsp3) is 0.250. The van der Waals surface area contributed by atoms with E-state index < -0.39 is 36.9 Å². The minimum Gasteiger partial charge on any atom is -0.482 e. The van der Waals surface area contributed by atoms with Crippen LogP contribution >= 0.6 is 11.6 Å². The first-order valence-electron chi connectivity index (χ1n) is 5.58. The van der Waals surface area contributed by atoms with Crippen molar-refractivity contribution in [2.45, 2.75) is 12.5 Å². The largest absolute Gasteiger partial charge is 0.482 e. The Morgan fingerprint density at radius 1 is 1.35 bits per heavy atom. The standard InChI is InChI=1S/C12H13ClN2O5/c13-7-3-1-2-4-9(7)20-6-11(17)15-8(12(18)19)5-10(14)16/h1-4,8H,5-6H2,(H2,14,16)(H,15,17)(H,18,19)/t8-/m0/s1. The fourth-order valence-corrected chi connectivity index (χ4v) is 1.53. The number of ether oxygens (including phenoxy) is 1. The van der Waals surface area contributed by atoms with E-state index >= 15 is 0 Å². The van der Waals surface area contributed by atoms with E-state index in [0.29, 0.717) is 10.8 Å². The molecule has 108 valence electrons. The van der Waals surface area contributed by atoms with Gasteiger partial charge in [0.05, 0.1) is 11.4 Å². The molecule has 0 fully saturated rings. The summed E-state index contributed by atoms with van der Waals surface area (Å²) in [4.78, 5) is 33.0. The van der Waals surface area contributed by atoms with E-state index in [1.165, 1.54) is 0 Å². The molecule has 0 aromatic heterocycles. The molecule has 0 aliphatic rings. The quantitative estimate of drug-likeness (QED) is 0.663. The molecule has 0 unspecified atom stereocenters. The molecule has 1 atom stereocenters. The summed E-state index contributed by atoms with van der Waals surface area (Å²) in [5.41, 5.74) is 4.89. The first-order chi connectivity index (χ1) is 9.40. The van der Waals surface area contributed by atoms with Crippen LogP contribution in [-0.4, -0.2) is 35.5 Å². The molecule has 0 saturated heterocycles. The lowest BCUT2D eigenvalue weighted by Gasteiger charge is -2.13. The number of hydrogen-bond acceptors (Lipinski definition) is 4. The predicted octanol–water partition coefficient (Wildman–Crippen LogP) is 0.164. The number of halogens is 1. The summed E-state index contributed by atoms with van der Waals surface area (Å²) in [7, 11) is 0. The molecule has 1 aromatic carbocycles. The number of primary amides is 1. The Hall–Kier alpha value is -2.28. The Labute approximate surface area is 119 Å². The zero-order chi connectivity index (χ0) is 15.1. The van der Waals surface area contributed by atoms with Gasteiger partial charge in [0.2, 0.25) is 5.91 Å². The monoisotopic (exact) mass is 300 g/mol. The second-order valence-corrected chi connectivity index (χ2v) is 4.26. The van der Waals surface area contributed by atoms with Crippen molar-refractivity contribution in [3.05, 3.63) is 29.3 Å². The maximum absolute atomic E-state index is 11.5. The number of carbonyl (C=O) groups excluding carboxylic acids is 2. The molecule has 20 heavy (non-hydrogen) atoms. The summed E-state index contributed by atoms with van der Waals surface area (Å²) in [5.74, 6) is -2.58.